The van der Waals surface area contributed by atoms with Gasteiger partial charge >= 0.3 is 0 Å². The van der Waals surface area contributed by atoms with Crippen molar-refractivity contribution in [3.63, 3.8) is 0 Å². The molecule has 0 saturated heterocycles. The molecular weight excluding hydrogens is 450 g/mol. The van der Waals surface area contributed by atoms with Crippen LogP contribution in [0.1, 0.15) is 12.0 Å². The first-order chi connectivity index (χ1) is 15.1. The molecule has 2 aromatic heterocycles. The number of rotatable bonds is 4. The number of anilines is 1. The molecular formula is C23H18ClN3O2S2. The number of carbonyl (C=O) groups excluding carboxylic acids is 1. The van der Waals surface area contributed by atoms with E-state index < -0.39 is 0 Å². The zero-order chi connectivity index (χ0) is 21.4. The van der Waals surface area contributed by atoms with Gasteiger partial charge in [-0.05, 0) is 48.1 Å². The third-order valence-corrected chi connectivity index (χ3v) is 7.41. The van der Waals surface area contributed by atoms with E-state index in [1.54, 1.807) is 12.1 Å². The number of halogens is 1. The Morgan fingerprint density at radius 3 is 2.71 bits per heavy atom. The summed E-state index contributed by atoms with van der Waals surface area (Å²) >= 11 is 9.02. The lowest BCUT2D eigenvalue weighted by Gasteiger charge is -2.29. The van der Waals surface area contributed by atoms with Crippen molar-refractivity contribution >= 4 is 56.5 Å². The Morgan fingerprint density at radius 2 is 1.87 bits per heavy atom. The lowest BCUT2D eigenvalue weighted by atomic mass is 10.0. The minimum absolute atomic E-state index is 0.00234. The molecule has 0 fully saturated rings. The molecule has 8 heteroatoms. The summed E-state index contributed by atoms with van der Waals surface area (Å²) in [6, 6.07) is 17.0. The van der Waals surface area contributed by atoms with Crippen molar-refractivity contribution in [3.8, 4) is 5.69 Å². The first kappa shape index (κ1) is 20.3. The summed E-state index contributed by atoms with van der Waals surface area (Å²) < 4.78 is 2.09. The number of thioether (sulfide) groups is 1. The van der Waals surface area contributed by atoms with Crippen LogP contribution in [0.5, 0.6) is 0 Å². The number of benzene rings is 2. The summed E-state index contributed by atoms with van der Waals surface area (Å²) in [5.74, 6) is 0.184. The summed E-state index contributed by atoms with van der Waals surface area (Å²) in [4.78, 5) is 32.9. The van der Waals surface area contributed by atoms with Gasteiger partial charge in [0.25, 0.3) is 5.56 Å². The quantitative estimate of drug-likeness (QED) is 0.307. The summed E-state index contributed by atoms with van der Waals surface area (Å²) in [6.07, 6.45) is 1.92. The smallest absolute Gasteiger partial charge is 0.276 e. The van der Waals surface area contributed by atoms with Gasteiger partial charge in [-0.3, -0.25) is 14.2 Å². The summed E-state index contributed by atoms with van der Waals surface area (Å²) in [7, 11) is 0. The molecule has 2 aromatic carbocycles. The molecule has 0 N–H and O–H groups in total. The molecule has 5 nitrogen and oxygen atoms in total. The van der Waals surface area contributed by atoms with Crippen molar-refractivity contribution in [3.05, 3.63) is 80.9 Å². The molecule has 1 amide bonds. The Morgan fingerprint density at radius 1 is 1.10 bits per heavy atom. The summed E-state index contributed by atoms with van der Waals surface area (Å²) in [5, 5.41) is 2.77. The van der Waals surface area contributed by atoms with E-state index in [0.29, 0.717) is 32.6 Å². The molecule has 0 atom stereocenters. The minimum atomic E-state index is -0.175. The first-order valence-electron chi connectivity index (χ1n) is 9.90. The molecule has 156 valence electrons. The number of carbonyl (C=O) groups is 1. The van der Waals surface area contributed by atoms with Crippen molar-refractivity contribution < 1.29 is 4.79 Å². The first-order valence-corrected chi connectivity index (χ1v) is 12.1. The maximum atomic E-state index is 13.2. The number of para-hydroxylation sites is 2. The van der Waals surface area contributed by atoms with Gasteiger partial charge in [-0.1, -0.05) is 53.7 Å². The van der Waals surface area contributed by atoms with E-state index in [2.05, 4.69) is 11.1 Å². The molecule has 5 rings (SSSR count). The number of hydrogen-bond acceptors (Lipinski definition) is 5. The van der Waals surface area contributed by atoms with Crippen molar-refractivity contribution in [2.75, 3.05) is 17.2 Å². The molecule has 1 aliphatic rings. The Balaban J connectivity index is 1.50. The molecule has 3 heterocycles. The lowest BCUT2D eigenvalue weighted by molar-refractivity contribution is -0.116. The van der Waals surface area contributed by atoms with Crippen molar-refractivity contribution in [2.24, 2.45) is 0 Å². The van der Waals surface area contributed by atoms with Crippen LogP contribution in [0.15, 0.2) is 69.9 Å². The van der Waals surface area contributed by atoms with Gasteiger partial charge in [-0.2, -0.15) is 0 Å². The normalized spacial score (nSPS) is 13.4. The maximum Gasteiger partial charge on any atom is 0.276 e. The van der Waals surface area contributed by atoms with E-state index >= 15 is 0 Å². The second-order valence-corrected chi connectivity index (χ2v) is 9.45. The van der Waals surface area contributed by atoms with Crippen LogP contribution in [0.25, 0.3) is 15.9 Å². The second-order valence-electron chi connectivity index (χ2n) is 7.19. The van der Waals surface area contributed by atoms with E-state index in [-0.39, 0.29) is 17.2 Å². The zero-order valence-corrected chi connectivity index (χ0v) is 18.8. The van der Waals surface area contributed by atoms with Gasteiger partial charge in [-0.25, -0.2) is 4.98 Å². The van der Waals surface area contributed by atoms with E-state index in [4.69, 9.17) is 11.6 Å². The van der Waals surface area contributed by atoms with Gasteiger partial charge in [0.2, 0.25) is 5.91 Å². The van der Waals surface area contributed by atoms with E-state index in [9.17, 15) is 9.59 Å². The number of amides is 1. The Hall–Kier alpha value is -2.61. The topological polar surface area (TPSA) is 55.2 Å². The average molecular weight is 468 g/mol. The highest BCUT2D eigenvalue weighted by atomic mass is 35.5. The maximum absolute atomic E-state index is 13.2. The lowest BCUT2D eigenvalue weighted by Crippen LogP contribution is -2.36. The van der Waals surface area contributed by atoms with E-state index in [1.807, 2.05) is 46.7 Å². The SMILES string of the molecule is O=C(CSc1nc2ccsc2c(=O)n1-c1ccccc1Cl)N1CCCc2ccccc21. The Bertz CT molecular complexity index is 1350. The number of nitrogens with zero attached hydrogens (tertiary/aromatic N) is 3. The summed E-state index contributed by atoms with van der Waals surface area (Å²) in [6.45, 7) is 0.699. The fourth-order valence-electron chi connectivity index (χ4n) is 3.83. The number of fused-ring (bicyclic) bond motifs is 2. The standard InChI is InChI=1S/C23H18ClN3O2S2/c24-16-8-2-4-10-19(16)27-22(29)21-17(11-13-30-21)25-23(27)31-14-20(28)26-12-5-7-15-6-1-3-9-18(15)26/h1-4,6,8-11,13H,5,7,12,14H2. The van der Waals surface area contributed by atoms with Crippen LogP contribution in [0.2, 0.25) is 5.02 Å². The fourth-order valence-corrected chi connectivity index (χ4v) is 5.69. The number of hydrogen-bond donors (Lipinski definition) is 0. The van der Waals surface area contributed by atoms with Gasteiger partial charge in [-0.15, -0.1) is 11.3 Å². The third kappa shape index (κ3) is 3.78. The molecule has 0 saturated carbocycles. The number of aryl methyl sites for hydroxylation is 1. The molecule has 0 bridgehead atoms. The highest BCUT2D eigenvalue weighted by Crippen LogP contribution is 2.30. The van der Waals surface area contributed by atoms with E-state index in [1.165, 1.54) is 33.2 Å². The fraction of sp³-hybridized carbons (Fsp3) is 0.174. The monoisotopic (exact) mass is 467 g/mol. The molecule has 1 aliphatic heterocycles. The Kier molecular flexibility index (Phi) is 5.56. The van der Waals surface area contributed by atoms with Crippen LogP contribution < -0.4 is 10.5 Å². The predicted octanol–water partition coefficient (Wildman–Crippen LogP) is 5.17. The van der Waals surface area contributed by atoms with Crippen LogP contribution in [-0.2, 0) is 11.2 Å². The predicted molar refractivity (Wildman–Crippen MR) is 128 cm³/mol. The molecule has 4 aromatic rings. The highest BCUT2D eigenvalue weighted by Gasteiger charge is 2.23. The average Bonchev–Trinajstić information content (AvgIpc) is 3.27. The second kappa shape index (κ2) is 8.49. The highest BCUT2D eigenvalue weighted by molar-refractivity contribution is 7.99. The summed E-state index contributed by atoms with van der Waals surface area (Å²) in [5.41, 5.74) is 3.19. The van der Waals surface area contributed by atoms with Gasteiger partial charge in [0.1, 0.15) is 4.70 Å². The minimum Gasteiger partial charge on any atom is -0.311 e. The van der Waals surface area contributed by atoms with Gasteiger partial charge in [0.15, 0.2) is 5.16 Å². The molecule has 0 radical (unpaired) electrons. The largest absolute Gasteiger partial charge is 0.311 e. The van der Waals surface area contributed by atoms with Gasteiger partial charge in [0, 0.05) is 12.2 Å². The van der Waals surface area contributed by atoms with Crippen LogP contribution in [0.4, 0.5) is 5.69 Å². The van der Waals surface area contributed by atoms with Crippen molar-refractivity contribution in [2.45, 2.75) is 18.0 Å². The van der Waals surface area contributed by atoms with E-state index in [0.717, 1.165) is 18.5 Å². The third-order valence-electron chi connectivity index (χ3n) is 5.28. The zero-order valence-electron chi connectivity index (χ0n) is 16.5. The van der Waals surface area contributed by atoms with Crippen molar-refractivity contribution in [1.29, 1.82) is 0 Å². The van der Waals surface area contributed by atoms with Crippen molar-refractivity contribution in [1.82, 2.24) is 9.55 Å². The van der Waals surface area contributed by atoms with Crippen LogP contribution in [0, 0.1) is 0 Å². The van der Waals surface area contributed by atoms with Crippen LogP contribution in [-0.4, -0.2) is 27.8 Å². The van der Waals surface area contributed by atoms with Crippen LogP contribution in [0.3, 0.4) is 0 Å². The molecule has 0 unspecified atom stereocenters. The van der Waals surface area contributed by atoms with Crippen LogP contribution >= 0.6 is 34.7 Å². The number of thiophene rings is 1. The molecule has 0 aliphatic carbocycles. The van der Waals surface area contributed by atoms with Gasteiger partial charge in [0.05, 0.1) is 22.0 Å². The molecule has 31 heavy (non-hydrogen) atoms. The Labute approximate surface area is 192 Å². The molecule has 0 spiro atoms. The van der Waals surface area contributed by atoms with Gasteiger partial charge < -0.3 is 4.90 Å². The number of aromatic nitrogens is 2.